The molecule has 0 aliphatic carbocycles. The SMILES string of the molecule is Cc1nc(C(=O)N(Cc2ccc(F)cc2)CC2CCCO2)cs1. The van der Waals surface area contributed by atoms with Crippen LogP contribution in [0.1, 0.15) is 33.9 Å². The number of ether oxygens (including phenoxy) is 1. The number of thiazole rings is 1. The highest BCUT2D eigenvalue weighted by molar-refractivity contribution is 7.09. The molecular weight excluding hydrogens is 315 g/mol. The number of aromatic nitrogens is 1. The van der Waals surface area contributed by atoms with Gasteiger partial charge in [0.1, 0.15) is 11.5 Å². The lowest BCUT2D eigenvalue weighted by Crippen LogP contribution is -2.37. The third kappa shape index (κ3) is 4.14. The highest BCUT2D eigenvalue weighted by Gasteiger charge is 2.24. The molecular formula is C17H19FN2O2S. The largest absolute Gasteiger partial charge is 0.376 e. The molecule has 1 aliphatic rings. The molecule has 6 heteroatoms. The standard InChI is InChI=1S/C17H19FN2O2S/c1-12-19-16(11-23-12)17(21)20(10-15-3-2-8-22-15)9-13-4-6-14(18)7-5-13/h4-7,11,15H,2-3,8-10H2,1H3. The normalized spacial score (nSPS) is 17.4. The van der Waals surface area contributed by atoms with Crippen molar-refractivity contribution < 1.29 is 13.9 Å². The molecule has 0 saturated carbocycles. The van der Waals surface area contributed by atoms with Crippen LogP contribution >= 0.6 is 11.3 Å². The van der Waals surface area contributed by atoms with Crippen molar-refractivity contribution in [2.24, 2.45) is 0 Å². The number of rotatable bonds is 5. The molecule has 2 aromatic rings. The van der Waals surface area contributed by atoms with Crippen molar-refractivity contribution in [3.05, 3.63) is 51.7 Å². The molecule has 1 aromatic carbocycles. The minimum atomic E-state index is -0.277. The quantitative estimate of drug-likeness (QED) is 0.841. The number of carbonyl (C=O) groups is 1. The van der Waals surface area contributed by atoms with Crippen molar-refractivity contribution in [3.8, 4) is 0 Å². The van der Waals surface area contributed by atoms with E-state index in [1.165, 1.54) is 23.5 Å². The van der Waals surface area contributed by atoms with Crippen LogP contribution in [-0.2, 0) is 11.3 Å². The maximum Gasteiger partial charge on any atom is 0.273 e. The van der Waals surface area contributed by atoms with Crippen molar-refractivity contribution in [3.63, 3.8) is 0 Å². The Labute approximate surface area is 138 Å². The Bertz CT molecular complexity index is 665. The first-order valence-corrected chi connectivity index (χ1v) is 8.57. The van der Waals surface area contributed by atoms with Gasteiger partial charge in [0.2, 0.25) is 0 Å². The number of aryl methyl sites for hydroxylation is 1. The van der Waals surface area contributed by atoms with Gasteiger partial charge in [-0.15, -0.1) is 11.3 Å². The molecule has 0 spiro atoms. The number of amides is 1. The average molecular weight is 334 g/mol. The Morgan fingerprint density at radius 1 is 1.43 bits per heavy atom. The van der Waals surface area contributed by atoms with Gasteiger partial charge >= 0.3 is 0 Å². The number of nitrogens with zero attached hydrogens (tertiary/aromatic N) is 2. The van der Waals surface area contributed by atoms with Crippen LogP contribution in [0.25, 0.3) is 0 Å². The van der Waals surface area contributed by atoms with E-state index in [9.17, 15) is 9.18 Å². The third-order valence-corrected chi connectivity index (χ3v) is 4.63. The Kier molecular flexibility index (Phi) is 5.03. The summed E-state index contributed by atoms with van der Waals surface area (Å²) in [5.74, 6) is -0.380. The zero-order valence-electron chi connectivity index (χ0n) is 13.0. The summed E-state index contributed by atoms with van der Waals surface area (Å²) in [4.78, 5) is 18.8. The van der Waals surface area contributed by atoms with Crippen LogP contribution in [0.4, 0.5) is 4.39 Å². The van der Waals surface area contributed by atoms with E-state index in [1.807, 2.05) is 6.92 Å². The highest BCUT2D eigenvalue weighted by Crippen LogP contribution is 2.18. The van der Waals surface area contributed by atoms with Crippen LogP contribution in [0.3, 0.4) is 0 Å². The van der Waals surface area contributed by atoms with Gasteiger partial charge in [0.05, 0.1) is 11.1 Å². The third-order valence-electron chi connectivity index (χ3n) is 3.86. The number of halogens is 1. The fraction of sp³-hybridized carbons (Fsp3) is 0.412. The fourth-order valence-corrected chi connectivity index (χ4v) is 3.27. The topological polar surface area (TPSA) is 42.4 Å². The average Bonchev–Trinajstić information content (AvgIpc) is 3.20. The van der Waals surface area contributed by atoms with Crippen molar-refractivity contribution in [1.29, 1.82) is 0 Å². The molecule has 1 amide bonds. The summed E-state index contributed by atoms with van der Waals surface area (Å²) >= 11 is 1.46. The second-order valence-electron chi connectivity index (χ2n) is 5.70. The summed E-state index contributed by atoms with van der Waals surface area (Å²) in [6.07, 6.45) is 2.06. The summed E-state index contributed by atoms with van der Waals surface area (Å²) in [7, 11) is 0. The molecule has 1 saturated heterocycles. The van der Waals surface area contributed by atoms with E-state index in [0.717, 1.165) is 30.0 Å². The fourth-order valence-electron chi connectivity index (χ4n) is 2.69. The first-order chi connectivity index (χ1) is 11.1. The molecule has 23 heavy (non-hydrogen) atoms. The van der Waals surface area contributed by atoms with Crippen LogP contribution in [0.15, 0.2) is 29.6 Å². The number of benzene rings is 1. The van der Waals surface area contributed by atoms with Crippen LogP contribution in [0, 0.1) is 12.7 Å². The molecule has 1 atom stereocenters. The lowest BCUT2D eigenvalue weighted by atomic mass is 10.1. The number of hydrogen-bond donors (Lipinski definition) is 0. The molecule has 4 nitrogen and oxygen atoms in total. The van der Waals surface area contributed by atoms with Crippen molar-refractivity contribution in [1.82, 2.24) is 9.88 Å². The monoisotopic (exact) mass is 334 g/mol. The molecule has 0 radical (unpaired) electrons. The summed E-state index contributed by atoms with van der Waals surface area (Å²) in [5, 5.41) is 2.65. The smallest absolute Gasteiger partial charge is 0.273 e. The van der Waals surface area contributed by atoms with Crippen LogP contribution in [0.5, 0.6) is 0 Å². The number of hydrogen-bond acceptors (Lipinski definition) is 4. The van der Waals surface area contributed by atoms with E-state index in [1.54, 1.807) is 22.4 Å². The van der Waals surface area contributed by atoms with E-state index in [-0.39, 0.29) is 17.8 Å². The molecule has 2 heterocycles. The van der Waals surface area contributed by atoms with Gasteiger partial charge in [0, 0.05) is 25.1 Å². The minimum Gasteiger partial charge on any atom is -0.376 e. The van der Waals surface area contributed by atoms with E-state index in [4.69, 9.17) is 4.74 Å². The Morgan fingerprint density at radius 2 is 2.22 bits per heavy atom. The van der Waals surface area contributed by atoms with E-state index in [0.29, 0.717) is 18.8 Å². The van der Waals surface area contributed by atoms with Gasteiger partial charge in [0.15, 0.2) is 0 Å². The summed E-state index contributed by atoms with van der Waals surface area (Å²) in [5.41, 5.74) is 1.36. The molecule has 122 valence electrons. The van der Waals surface area contributed by atoms with E-state index >= 15 is 0 Å². The molecule has 3 rings (SSSR count). The lowest BCUT2D eigenvalue weighted by Gasteiger charge is -2.25. The Morgan fingerprint density at radius 3 is 2.83 bits per heavy atom. The molecule has 0 bridgehead atoms. The zero-order valence-corrected chi connectivity index (χ0v) is 13.8. The van der Waals surface area contributed by atoms with Gasteiger partial charge in [-0.25, -0.2) is 9.37 Å². The van der Waals surface area contributed by atoms with Gasteiger partial charge < -0.3 is 9.64 Å². The van der Waals surface area contributed by atoms with Crippen LogP contribution in [0.2, 0.25) is 0 Å². The summed E-state index contributed by atoms with van der Waals surface area (Å²) in [6.45, 7) is 3.59. The van der Waals surface area contributed by atoms with Gasteiger partial charge in [0.25, 0.3) is 5.91 Å². The molecule has 1 fully saturated rings. The Hall–Kier alpha value is -1.79. The first kappa shape index (κ1) is 16.1. The van der Waals surface area contributed by atoms with Crippen LogP contribution in [-0.4, -0.2) is 35.0 Å². The molecule has 0 N–H and O–H groups in total. The zero-order chi connectivity index (χ0) is 16.2. The molecule has 1 aromatic heterocycles. The lowest BCUT2D eigenvalue weighted by molar-refractivity contribution is 0.0503. The second-order valence-corrected chi connectivity index (χ2v) is 6.76. The predicted octanol–water partition coefficient (Wildman–Crippen LogP) is 3.41. The molecule has 1 unspecified atom stereocenters. The van der Waals surface area contributed by atoms with Gasteiger partial charge in [-0.1, -0.05) is 12.1 Å². The van der Waals surface area contributed by atoms with Crippen molar-refractivity contribution in [2.75, 3.05) is 13.2 Å². The summed E-state index contributed by atoms with van der Waals surface area (Å²) < 4.78 is 18.7. The maximum atomic E-state index is 13.1. The van der Waals surface area contributed by atoms with Gasteiger partial charge in [-0.05, 0) is 37.5 Å². The summed E-state index contributed by atoms with van der Waals surface area (Å²) in [6, 6.07) is 6.24. The minimum absolute atomic E-state index is 0.0686. The van der Waals surface area contributed by atoms with Gasteiger partial charge in [-0.2, -0.15) is 0 Å². The van der Waals surface area contributed by atoms with Crippen molar-refractivity contribution in [2.45, 2.75) is 32.4 Å². The van der Waals surface area contributed by atoms with Crippen molar-refractivity contribution >= 4 is 17.2 Å². The Balaban J connectivity index is 1.77. The first-order valence-electron chi connectivity index (χ1n) is 7.69. The predicted molar refractivity (Wildman–Crippen MR) is 87.0 cm³/mol. The highest BCUT2D eigenvalue weighted by atomic mass is 32.1. The second kappa shape index (κ2) is 7.19. The van der Waals surface area contributed by atoms with Crippen LogP contribution < -0.4 is 0 Å². The van der Waals surface area contributed by atoms with E-state index < -0.39 is 0 Å². The van der Waals surface area contributed by atoms with Gasteiger partial charge in [-0.3, -0.25) is 4.79 Å². The maximum absolute atomic E-state index is 13.1. The number of carbonyl (C=O) groups excluding carboxylic acids is 1. The molecule has 1 aliphatic heterocycles. The van der Waals surface area contributed by atoms with E-state index in [2.05, 4.69) is 4.98 Å².